The van der Waals surface area contributed by atoms with Gasteiger partial charge >= 0.3 is 5.97 Å². The first-order valence-electron chi connectivity index (χ1n) is 4.89. The smallest absolute Gasteiger partial charge is 0.335 e. The Balaban J connectivity index is 3.17. The van der Waals surface area contributed by atoms with Crippen LogP contribution in [0.25, 0.3) is 0 Å². The molecule has 1 unspecified atom stereocenters. The van der Waals surface area contributed by atoms with Gasteiger partial charge < -0.3 is 10.8 Å². The predicted octanol–water partition coefficient (Wildman–Crippen LogP) is 2.12. The summed E-state index contributed by atoms with van der Waals surface area (Å²) in [5.41, 5.74) is 4.81. The molecule has 1 atom stereocenters. The van der Waals surface area contributed by atoms with Crippen LogP contribution in [0.1, 0.15) is 35.2 Å². The standard InChI is InChI=1S/C11H13F2NO2/c1-6(2-3-14)10-8(12)4-7(11(15)16)5-9(10)13/h4-6H,2-3,14H2,1H3,(H,15,16). The molecule has 0 aromatic heterocycles. The molecule has 1 rings (SSSR count). The predicted molar refractivity (Wildman–Crippen MR) is 55.4 cm³/mol. The third-order valence-electron chi connectivity index (χ3n) is 2.42. The molecule has 0 saturated carbocycles. The van der Waals surface area contributed by atoms with Gasteiger partial charge in [-0.15, -0.1) is 0 Å². The third-order valence-corrected chi connectivity index (χ3v) is 2.42. The van der Waals surface area contributed by atoms with Crippen LogP contribution in [0.2, 0.25) is 0 Å². The Bertz CT molecular complexity index is 384. The highest BCUT2D eigenvalue weighted by Gasteiger charge is 2.18. The first kappa shape index (κ1) is 12.6. The van der Waals surface area contributed by atoms with Crippen molar-refractivity contribution in [2.45, 2.75) is 19.3 Å². The summed E-state index contributed by atoms with van der Waals surface area (Å²) in [5.74, 6) is -3.39. The molecular formula is C11H13F2NO2. The van der Waals surface area contributed by atoms with E-state index in [1.807, 2.05) is 0 Å². The molecule has 0 fully saturated rings. The van der Waals surface area contributed by atoms with Crippen LogP contribution in [-0.4, -0.2) is 17.6 Å². The van der Waals surface area contributed by atoms with E-state index in [4.69, 9.17) is 10.8 Å². The van der Waals surface area contributed by atoms with Gasteiger partial charge in [0.1, 0.15) is 11.6 Å². The van der Waals surface area contributed by atoms with Crippen molar-refractivity contribution in [2.75, 3.05) is 6.54 Å². The molecule has 0 heterocycles. The zero-order valence-corrected chi connectivity index (χ0v) is 8.84. The molecule has 88 valence electrons. The fourth-order valence-corrected chi connectivity index (χ4v) is 1.57. The maximum absolute atomic E-state index is 13.5. The number of hydrogen-bond donors (Lipinski definition) is 2. The Hall–Kier alpha value is -1.49. The van der Waals surface area contributed by atoms with E-state index < -0.39 is 23.2 Å². The molecule has 1 aromatic rings. The summed E-state index contributed by atoms with van der Waals surface area (Å²) in [7, 11) is 0. The molecule has 16 heavy (non-hydrogen) atoms. The van der Waals surface area contributed by atoms with Crippen LogP contribution in [-0.2, 0) is 0 Å². The van der Waals surface area contributed by atoms with Gasteiger partial charge in [-0.25, -0.2) is 13.6 Å². The van der Waals surface area contributed by atoms with E-state index in [-0.39, 0.29) is 11.5 Å². The number of benzene rings is 1. The minimum Gasteiger partial charge on any atom is -0.478 e. The molecule has 0 aliphatic carbocycles. The number of aromatic carboxylic acids is 1. The lowest BCUT2D eigenvalue weighted by molar-refractivity contribution is 0.0695. The van der Waals surface area contributed by atoms with Crippen molar-refractivity contribution in [1.29, 1.82) is 0 Å². The summed E-state index contributed by atoms with van der Waals surface area (Å²) in [5, 5.41) is 8.61. The largest absolute Gasteiger partial charge is 0.478 e. The molecule has 0 bridgehead atoms. The van der Waals surface area contributed by atoms with Crippen LogP contribution < -0.4 is 5.73 Å². The van der Waals surface area contributed by atoms with E-state index in [9.17, 15) is 13.6 Å². The quantitative estimate of drug-likeness (QED) is 0.831. The van der Waals surface area contributed by atoms with Crippen molar-refractivity contribution in [2.24, 2.45) is 5.73 Å². The highest BCUT2D eigenvalue weighted by atomic mass is 19.1. The second kappa shape index (κ2) is 5.03. The van der Waals surface area contributed by atoms with E-state index in [1.165, 1.54) is 0 Å². The number of rotatable bonds is 4. The number of carbonyl (C=O) groups is 1. The minimum atomic E-state index is -1.35. The summed E-state index contributed by atoms with van der Waals surface area (Å²) in [4.78, 5) is 10.6. The Kier molecular flexibility index (Phi) is 3.95. The van der Waals surface area contributed by atoms with Gasteiger partial charge in [-0.3, -0.25) is 0 Å². The molecule has 0 aliphatic rings. The fourth-order valence-electron chi connectivity index (χ4n) is 1.57. The molecule has 5 heteroatoms. The van der Waals surface area contributed by atoms with E-state index in [0.717, 1.165) is 12.1 Å². The van der Waals surface area contributed by atoms with Crippen molar-refractivity contribution in [1.82, 2.24) is 0 Å². The van der Waals surface area contributed by atoms with Crippen molar-refractivity contribution >= 4 is 5.97 Å². The normalized spacial score (nSPS) is 12.5. The summed E-state index contributed by atoms with van der Waals surface area (Å²) in [6, 6.07) is 1.65. The lowest BCUT2D eigenvalue weighted by Crippen LogP contribution is -2.09. The highest BCUT2D eigenvalue weighted by molar-refractivity contribution is 5.87. The van der Waals surface area contributed by atoms with Gasteiger partial charge in [0.05, 0.1) is 5.56 Å². The van der Waals surface area contributed by atoms with E-state index in [2.05, 4.69) is 0 Å². The first-order chi connectivity index (χ1) is 7.47. The minimum absolute atomic E-state index is 0.101. The average molecular weight is 229 g/mol. The third kappa shape index (κ3) is 2.55. The van der Waals surface area contributed by atoms with Gasteiger partial charge in [0.2, 0.25) is 0 Å². The molecule has 3 N–H and O–H groups in total. The number of carboxylic acid groups (broad SMARTS) is 1. The lowest BCUT2D eigenvalue weighted by Gasteiger charge is -2.13. The Morgan fingerprint density at radius 3 is 2.31 bits per heavy atom. The molecule has 0 amide bonds. The van der Waals surface area contributed by atoms with Gasteiger partial charge in [0, 0.05) is 5.56 Å². The lowest BCUT2D eigenvalue weighted by atomic mass is 9.95. The summed E-state index contributed by atoms with van der Waals surface area (Å²) >= 11 is 0. The summed E-state index contributed by atoms with van der Waals surface area (Å²) < 4.78 is 27.0. The molecule has 0 spiro atoms. The second-order valence-electron chi connectivity index (χ2n) is 3.64. The van der Waals surface area contributed by atoms with Crippen molar-refractivity contribution in [3.63, 3.8) is 0 Å². The summed E-state index contributed by atoms with van der Waals surface area (Å²) in [6.45, 7) is 1.97. The van der Waals surface area contributed by atoms with E-state index in [1.54, 1.807) is 6.92 Å². The van der Waals surface area contributed by atoms with Crippen LogP contribution in [0.3, 0.4) is 0 Å². The van der Waals surface area contributed by atoms with Crippen LogP contribution in [0.15, 0.2) is 12.1 Å². The molecule has 1 aromatic carbocycles. The first-order valence-corrected chi connectivity index (χ1v) is 4.89. The Morgan fingerprint density at radius 1 is 1.44 bits per heavy atom. The van der Waals surface area contributed by atoms with E-state index >= 15 is 0 Å². The monoisotopic (exact) mass is 229 g/mol. The number of halogens is 2. The zero-order valence-electron chi connectivity index (χ0n) is 8.84. The zero-order chi connectivity index (χ0) is 12.3. The summed E-state index contributed by atoms with van der Waals surface area (Å²) in [6.07, 6.45) is 0.445. The van der Waals surface area contributed by atoms with Crippen molar-refractivity contribution in [3.05, 3.63) is 34.9 Å². The average Bonchev–Trinajstić information content (AvgIpc) is 2.16. The Morgan fingerprint density at radius 2 is 1.94 bits per heavy atom. The van der Waals surface area contributed by atoms with Gasteiger partial charge in [-0.2, -0.15) is 0 Å². The maximum Gasteiger partial charge on any atom is 0.335 e. The number of carboxylic acids is 1. The SMILES string of the molecule is CC(CCN)c1c(F)cc(C(=O)O)cc1F. The fraction of sp³-hybridized carbons (Fsp3) is 0.364. The molecular weight excluding hydrogens is 216 g/mol. The van der Waals surface area contributed by atoms with E-state index in [0.29, 0.717) is 13.0 Å². The van der Waals surface area contributed by atoms with Gasteiger partial charge in [0.25, 0.3) is 0 Å². The number of hydrogen-bond acceptors (Lipinski definition) is 2. The van der Waals surface area contributed by atoms with Crippen LogP contribution in [0, 0.1) is 11.6 Å². The molecule has 0 saturated heterocycles. The van der Waals surface area contributed by atoms with Crippen molar-refractivity contribution in [3.8, 4) is 0 Å². The van der Waals surface area contributed by atoms with Crippen molar-refractivity contribution < 1.29 is 18.7 Å². The van der Waals surface area contributed by atoms with Crippen LogP contribution in [0.4, 0.5) is 8.78 Å². The Labute approximate surface area is 91.9 Å². The van der Waals surface area contributed by atoms with Gasteiger partial charge in [0.15, 0.2) is 0 Å². The van der Waals surface area contributed by atoms with Crippen LogP contribution in [0.5, 0.6) is 0 Å². The number of nitrogens with two attached hydrogens (primary N) is 1. The second-order valence-corrected chi connectivity index (χ2v) is 3.64. The topological polar surface area (TPSA) is 63.3 Å². The van der Waals surface area contributed by atoms with Crippen LogP contribution >= 0.6 is 0 Å². The molecule has 3 nitrogen and oxygen atoms in total. The molecule has 0 aliphatic heterocycles. The van der Waals surface area contributed by atoms with Gasteiger partial charge in [-0.1, -0.05) is 6.92 Å². The maximum atomic E-state index is 13.5. The highest BCUT2D eigenvalue weighted by Crippen LogP contribution is 2.25. The molecule has 0 radical (unpaired) electrons. The van der Waals surface area contributed by atoms with Gasteiger partial charge in [-0.05, 0) is 31.0 Å².